The Bertz CT molecular complexity index is 780. The third kappa shape index (κ3) is 3.11. The second-order valence-electron chi connectivity index (χ2n) is 4.49. The minimum absolute atomic E-state index is 0.149. The van der Waals surface area contributed by atoms with Crippen LogP contribution in [0, 0.1) is 5.82 Å². The first-order chi connectivity index (χ1) is 9.86. The van der Waals surface area contributed by atoms with Crippen LogP contribution in [0.3, 0.4) is 0 Å². The summed E-state index contributed by atoms with van der Waals surface area (Å²) in [6.45, 7) is 0. The second-order valence-corrected chi connectivity index (χ2v) is 6.50. The molecule has 0 N–H and O–H groups in total. The Hall–Kier alpha value is -2.21. The van der Waals surface area contributed by atoms with Gasteiger partial charge in [0.15, 0.2) is 16.1 Å². The summed E-state index contributed by atoms with van der Waals surface area (Å²) < 4.78 is 41.8. The summed E-state index contributed by atoms with van der Waals surface area (Å²) in [7, 11) is -1.96. The normalized spacial score (nSPS) is 11.2. The summed E-state index contributed by atoms with van der Waals surface area (Å²) in [5, 5.41) is 0. The Kier molecular flexibility index (Phi) is 4.09. The van der Waals surface area contributed by atoms with Crippen molar-refractivity contribution in [3.8, 4) is 16.9 Å². The average Bonchev–Trinajstić information content (AvgIpc) is 2.46. The number of hydrogen-bond donors (Lipinski definition) is 0. The third-order valence-electron chi connectivity index (χ3n) is 3.04. The molecule has 0 amide bonds. The molecule has 2 aromatic rings. The molecule has 0 atom stereocenters. The van der Waals surface area contributed by atoms with Crippen LogP contribution < -0.4 is 4.74 Å². The van der Waals surface area contributed by atoms with Gasteiger partial charge in [-0.15, -0.1) is 0 Å². The molecular formula is C15H13FO4S. The van der Waals surface area contributed by atoms with Crippen LogP contribution in [-0.4, -0.2) is 28.1 Å². The highest BCUT2D eigenvalue weighted by Gasteiger charge is 2.13. The fourth-order valence-corrected chi connectivity index (χ4v) is 2.57. The molecule has 0 spiro atoms. The number of hydrogen-bond acceptors (Lipinski definition) is 4. The first kappa shape index (κ1) is 15.2. The number of benzene rings is 2. The van der Waals surface area contributed by atoms with Crippen LogP contribution >= 0.6 is 0 Å². The summed E-state index contributed by atoms with van der Waals surface area (Å²) in [5.41, 5.74) is 0.907. The molecule has 0 aliphatic rings. The molecule has 0 radical (unpaired) electrons. The van der Waals surface area contributed by atoms with Crippen molar-refractivity contribution in [2.75, 3.05) is 13.4 Å². The van der Waals surface area contributed by atoms with Crippen molar-refractivity contribution in [1.29, 1.82) is 0 Å². The lowest BCUT2D eigenvalue weighted by Crippen LogP contribution is -1.97. The van der Waals surface area contributed by atoms with E-state index in [9.17, 15) is 17.6 Å². The summed E-state index contributed by atoms with van der Waals surface area (Å²) >= 11 is 0. The summed E-state index contributed by atoms with van der Waals surface area (Å²) in [6.07, 6.45) is 1.67. The monoisotopic (exact) mass is 308 g/mol. The molecule has 2 aromatic carbocycles. The van der Waals surface area contributed by atoms with Crippen LogP contribution in [0.25, 0.3) is 11.1 Å². The zero-order chi connectivity index (χ0) is 15.6. The number of carbonyl (C=O) groups excluding carboxylic acids is 1. The first-order valence-electron chi connectivity index (χ1n) is 6.00. The Labute approximate surface area is 122 Å². The largest absolute Gasteiger partial charge is 0.496 e. The van der Waals surface area contributed by atoms with E-state index in [1.807, 2.05) is 0 Å². The van der Waals surface area contributed by atoms with Gasteiger partial charge in [0.1, 0.15) is 11.6 Å². The molecule has 4 nitrogen and oxygen atoms in total. The lowest BCUT2D eigenvalue weighted by Gasteiger charge is -2.09. The predicted molar refractivity (Wildman–Crippen MR) is 76.9 cm³/mol. The smallest absolute Gasteiger partial charge is 0.175 e. The standard InChI is InChI=1S/C15H13FO4S/c1-20-15-8-14(16)13(7-11(15)9-17)10-3-5-12(6-4-10)21(2,18)19/h3-9H,1-2H3. The van der Waals surface area contributed by atoms with E-state index >= 15 is 0 Å². The van der Waals surface area contributed by atoms with Crippen molar-refractivity contribution >= 4 is 16.1 Å². The quantitative estimate of drug-likeness (QED) is 0.815. The molecule has 0 aromatic heterocycles. The molecule has 0 saturated carbocycles. The van der Waals surface area contributed by atoms with Crippen molar-refractivity contribution < 1.29 is 22.3 Å². The maximum atomic E-state index is 14.1. The molecule has 0 unspecified atom stereocenters. The van der Waals surface area contributed by atoms with E-state index < -0.39 is 15.7 Å². The fourth-order valence-electron chi connectivity index (χ4n) is 1.94. The highest BCUT2D eigenvalue weighted by atomic mass is 32.2. The Balaban J connectivity index is 2.54. The number of rotatable bonds is 4. The Morgan fingerprint density at radius 3 is 2.24 bits per heavy atom. The van der Waals surface area contributed by atoms with Crippen molar-refractivity contribution in [2.45, 2.75) is 4.90 Å². The number of carbonyl (C=O) groups is 1. The van der Waals surface area contributed by atoms with Gasteiger partial charge in [0, 0.05) is 17.9 Å². The zero-order valence-electron chi connectivity index (χ0n) is 11.5. The van der Waals surface area contributed by atoms with Gasteiger partial charge < -0.3 is 4.74 Å². The van der Waals surface area contributed by atoms with E-state index in [-0.39, 0.29) is 21.8 Å². The van der Waals surface area contributed by atoms with Crippen molar-refractivity contribution in [2.24, 2.45) is 0 Å². The van der Waals surface area contributed by atoms with Crippen LogP contribution in [-0.2, 0) is 9.84 Å². The van der Waals surface area contributed by atoms with Crippen LogP contribution in [0.4, 0.5) is 4.39 Å². The topological polar surface area (TPSA) is 60.4 Å². The molecule has 2 rings (SSSR count). The van der Waals surface area contributed by atoms with Gasteiger partial charge in [-0.25, -0.2) is 12.8 Å². The lowest BCUT2D eigenvalue weighted by atomic mass is 10.0. The molecule has 0 aliphatic carbocycles. The lowest BCUT2D eigenvalue weighted by molar-refractivity contribution is 0.112. The number of aldehydes is 1. The van der Waals surface area contributed by atoms with E-state index in [0.717, 1.165) is 12.3 Å². The van der Waals surface area contributed by atoms with Gasteiger partial charge in [0.25, 0.3) is 0 Å². The SMILES string of the molecule is COc1cc(F)c(-c2ccc(S(C)(=O)=O)cc2)cc1C=O. The molecule has 6 heteroatoms. The molecule has 0 saturated heterocycles. The molecule has 21 heavy (non-hydrogen) atoms. The van der Waals surface area contributed by atoms with Crippen LogP contribution in [0.15, 0.2) is 41.3 Å². The van der Waals surface area contributed by atoms with E-state index in [0.29, 0.717) is 11.8 Å². The Morgan fingerprint density at radius 2 is 1.76 bits per heavy atom. The van der Waals surface area contributed by atoms with E-state index in [1.54, 1.807) is 0 Å². The van der Waals surface area contributed by atoms with Crippen molar-refractivity contribution in [1.82, 2.24) is 0 Å². The predicted octanol–water partition coefficient (Wildman–Crippen LogP) is 2.72. The highest BCUT2D eigenvalue weighted by Crippen LogP contribution is 2.29. The van der Waals surface area contributed by atoms with Gasteiger partial charge in [-0.1, -0.05) is 12.1 Å². The van der Waals surface area contributed by atoms with Gasteiger partial charge in [0.05, 0.1) is 17.6 Å². The summed E-state index contributed by atoms with van der Waals surface area (Å²) in [5.74, 6) is -0.399. The average molecular weight is 308 g/mol. The third-order valence-corrected chi connectivity index (χ3v) is 4.17. The molecule has 0 heterocycles. The van der Waals surface area contributed by atoms with E-state index in [2.05, 4.69) is 0 Å². The molecular weight excluding hydrogens is 295 g/mol. The van der Waals surface area contributed by atoms with E-state index in [4.69, 9.17) is 4.74 Å². The van der Waals surface area contributed by atoms with Gasteiger partial charge in [0.2, 0.25) is 0 Å². The fraction of sp³-hybridized carbons (Fsp3) is 0.133. The molecule has 0 fully saturated rings. The highest BCUT2D eigenvalue weighted by molar-refractivity contribution is 7.90. The second kappa shape index (κ2) is 5.65. The van der Waals surface area contributed by atoms with Gasteiger partial charge >= 0.3 is 0 Å². The number of ether oxygens (including phenoxy) is 1. The first-order valence-corrected chi connectivity index (χ1v) is 7.89. The van der Waals surface area contributed by atoms with Gasteiger partial charge in [-0.3, -0.25) is 4.79 Å². The van der Waals surface area contributed by atoms with Crippen molar-refractivity contribution in [3.05, 3.63) is 47.8 Å². The summed E-state index contributed by atoms with van der Waals surface area (Å²) in [4.78, 5) is 11.1. The van der Waals surface area contributed by atoms with Crippen LogP contribution in [0.1, 0.15) is 10.4 Å². The minimum atomic E-state index is -3.31. The number of methoxy groups -OCH3 is 1. The molecule has 0 bridgehead atoms. The summed E-state index contributed by atoms with van der Waals surface area (Å²) in [6, 6.07) is 8.29. The van der Waals surface area contributed by atoms with Crippen LogP contribution in [0.5, 0.6) is 5.75 Å². The van der Waals surface area contributed by atoms with E-state index in [1.165, 1.54) is 37.4 Å². The van der Waals surface area contributed by atoms with Gasteiger partial charge in [-0.2, -0.15) is 0 Å². The Morgan fingerprint density at radius 1 is 1.14 bits per heavy atom. The minimum Gasteiger partial charge on any atom is -0.496 e. The van der Waals surface area contributed by atoms with Crippen LogP contribution in [0.2, 0.25) is 0 Å². The van der Waals surface area contributed by atoms with Crippen molar-refractivity contribution in [3.63, 3.8) is 0 Å². The maximum absolute atomic E-state index is 14.1. The zero-order valence-corrected chi connectivity index (χ0v) is 12.3. The number of sulfone groups is 1. The molecule has 110 valence electrons. The maximum Gasteiger partial charge on any atom is 0.175 e. The molecule has 0 aliphatic heterocycles. The number of halogens is 1. The van der Waals surface area contributed by atoms with Gasteiger partial charge in [-0.05, 0) is 23.8 Å².